The van der Waals surface area contributed by atoms with Crippen LogP contribution in [0.2, 0.25) is 0 Å². The van der Waals surface area contributed by atoms with Crippen LogP contribution in [-0.2, 0) is 56.4 Å². The van der Waals surface area contributed by atoms with Crippen LogP contribution in [0.25, 0.3) is 0 Å². The second-order valence-corrected chi connectivity index (χ2v) is 20.5. The van der Waals surface area contributed by atoms with Gasteiger partial charge >= 0.3 is 5.97 Å². The molecule has 0 unspecified atom stereocenters. The number of hydrogen-bond donors (Lipinski definition) is 4. The van der Waals surface area contributed by atoms with Crippen molar-refractivity contribution in [3.63, 3.8) is 0 Å². The molecule has 1 aliphatic rings. The van der Waals surface area contributed by atoms with Gasteiger partial charge in [0.1, 0.15) is 6.04 Å². The first-order chi connectivity index (χ1) is 31.5. The summed E-state index contributed by atoms with van der Waals surface area (Å²) in [6, 6.07) is 13.1. The Morgan fingerprint density at radius 3 is 2.04 bits per heavy atom. The highest BCUT2D eigenvalue weighted by molar-refractivity contribution is 7.85. The molecule has 0 aliphatic carbocycles. The van der Waals surface area contributed by atoms with E-state index in [0.717, 1.165) is 11.1 Å². The Morgan fingerprint density at radius 2 is 1.51 bits per heavy atom. The van der Waals surface area contributed by atoms with E-state index >= 15 is 0 Å². The number of carboxylic acid groups (broad SMARTS) is 1. The molecule has 4 N–H and O–H groups in total. The minimum absolute atomic E-state index is 0.0149. The van der Waals surface area contributed by atoms with E-state index in [0.29, 0.717) is 58.0 Å². The highest BCUT2D eigenvalue weighted by Gasteiger charge is 2.43. The fourth-order valence-corrected chi connectivity index (χ4v) is 10.0. The van der Waals surface area contributed by atoms with E-state index in [1.807, 2.05) is 76.8 Å². The van der Waals surface area contributed by atoms with Gasteiger partial charge in [-0.15, -0.1) is 0 Å². The van der Waals surface area contributed by atoms with Crippen LogP contribution in [0.3, 0.4) is 0 Å². The average molecular weight is 958 g/mol. The highest BCUT2D eigenvalue weighted by atomic mass is 32.2. The molecule has 2 aromatic rings. The predicted octanol–water partition coefficient (Wildman–Crippen LogP) is 5.48. The number of likely N-dealkylation sites (tertiary alicyclic amines) is 1. The molecule has 1 aliphatic heterocycles. The number of carboxylic acids is 1. The van der Waals surface area contributed by atoms with Crippen molar-refractivity contribution >= 4 is 39.7 Å². The molecule has 0 aromatic heterocycles. The Bertz CT molecular complexity index is 2000. The van der Waals surface area contributed by atoms with Gasteiger partial charge in [0.15, 0.2) is 0 Å². The Morgan fingerprint density at radius 1 is 0.866 bits per heavy atom. The summed E-state index contributed by atoms with van der Waals surface area (Å²) in [7, 11) is 2.24. The lowest BCUT2D eigenvalue weighted by Crippen LogP contribution is -2.60. The summed E-state index contributed by atoms with van der Waals surface area (Å²) in [4.78, 5) is 73.2. The van der Waals surface area contributed by atoms with Crippen LogP contribution in [0.4, 0.5) is 0 Å². The first-order valence-electron chi connectivity index (χ1n) is 23.8. The van der Waals surface area contributed by atoms with Crippen LogP contribution >= 0.6 is 0 Å². The Hall–Kier alpha value is -4.42. The normalized spacial score (nSPS) is 17.9. The number of ether oxygens (including phenoxy) is 2. The van der Waals surface area contributed by atoms with Crippen molar-refractivity contribution in [2.24, 2.45) is 23.7 Å². The van der Waals surface area contributed by atoms with Crippen LogP contribution in [0.5, 0.6) is 0 Å². The number of nitrogens with zero attached hydrogens (tertiary/aromatic N) is 3. The molecule has 4 amide bonds. The zero-order valence-electron chi connectivity index (χ0n) is 41.6. The molecule has 376 valence electrons. The molecular formula is C50H79N5O11S. The molecule has 1 fully saturated rings. The third-order valence-electron chi connectivity index (χ3n) is 13.4. The number of carbonyl (C=O) groups excluding carboxylic acids is 4. The zero-order valence-corrected chi connectivity index (χ0v) is 42.5. The van der Waals surface area contributed by atoms with Gasteiger partial charge in [-0.05, 0) is 93.1 Å². The molecular weight excluding hydrogens is 879 g/mol. The Balaban J connectivity index is 1.79. The Kier molecular flexibility index (Phi) is 22.9. The van der Waals surface area contributed by atoms with Gasteiger partial charge in [-0.1, -0.05) is 97.4 Å². The fourth-order valence-electron chi connectivity index (χ4n) is 9.53. The van der Waals surface area contributed by atoms with Crippen molar-refractivity contribution in [3.05, 3.63) is 65.7 Å². The highest BCUT2D eigenvalue weighted by Crippen LogP contribution is 2.30. The van der Waals surface area contributed by atoms with Crippen molar-refractivity contribution in [3.8, 4) is 0 Å². The maximum absolute atomic E-state index is 14.5. The van der Waals surface area contributed by atoms with Crippen molar-refractivity contribution < 1.29 is 51.5 Å². The van der Waals surface area contributed by atoms with Gasteiger partial charge in [0, 0.05) is 40.3 Å². The first kappa shape index (κ1) is 56.9. The summed E-state index contributed by atoms with van der Waals surface area (Å²) in [6.45, 7) is 14.3. The first-order valence-corrected chi connectivity index (χ1v) is 25.2. The second-order valence-electron chi connectivity index (χ2n) is 19.0. The van der Waals surface area contributed by atoms with Gasteiger partial charge in [-0.2, -0.15) is 8.42 Å². The topological polar surface area (TPSA) is 212 Å². The van der Waals surface area contributed by atoms with E-state index in [9.17, 15) is 36.9 Å². The molecule has 3 rings (SSSR count). The number of nitrogens with one attached hydrogen (secondary N) is 2. The number of methoxy groups -OCH3 is 2. The van der Waals surface area contributed by atoms with Gasteiger partial charge in [-0.3, -0.25) is 33.4 Å². The Labute approximate surface area is 399 Å². The van der Waals surface area contributed by atoms with E-state index in [2.05, 4.69) is 10.6 Å². The van der Waals surface area contributed by atoms with Gasteiger partial charge in [0.2, 0.25) is 23.6 Å². The van der Waals surface area contributed by atoms with Gasteiger partial charge in [0.25, 0.3) is 10.1 Å². The summed E-state index contributed by atoms with van der Waals surface area (Å²) in [6.07, 6.45) is 2.66. The average Bonchev–Trinajstić information content (AvgIpc) is 3.76. The van der Waals surface area contributed by atoms with E-state index in [-0.39, 0.29) is 65.2 Å². The summed E-state index contributed by atoms with van der Waals surface area (Å²) in [5.74, 6) is -3.07. The van der Waals surface area contributed by atoms with Crippen LogP contribution in [-0.4, -0.2) is 146 Å². The van der Waals surface area contributed by atoms with Crippen LogP contribution in [0.15, 0.2) is 59.5 Å². The molecule has 0 bridgehead atoms. The lowest BCUT2D eigenvalue weighted by molar-refractivity contribution is -0.148. The van der Waals surface area contributed by atoms with E-state index < -0.39 is 58.4 Å². The van der Waals surface area contributed by atoms with Crippen molar-refractivity contribution in [1.82, 2.24) is 25.3 Å². The number of amides is 4. The lowest BCUT2D eigenvalue weighted by atomic mass is 9.89. The molecule has 0 radical (unpaired) electrons. The van der Waals surface area contributed by atoms with Crippen molar-refractivity contribution in [2.75, 3.05) is 41.4 Å². The molecule has 0 saturated carbocycles. The maximum Gasteiger partial charge on any atom is 0.303 e. The number of likely N-dealkylation sites (N-methyl/N-ethyl adjacent to an activating group) is 2. The van der Waals surface area contributed by atoms with Gasteiger partial charge < -0.3 is 35.0 Å². The summed E-state index contributed by atoms with van der Waals surface area (Å²) in [5, 5.41) is 15.4. The van der Waals surface area contributed by atoms with Gasteiger partial charge in [0.05, 0.1) is 47.6 Å². The monoisotopic (exact) mass is 958 g/mol. The van der Waals surface area contributed by atoms with Crippen molar-refractivity contribution in [1.29, 1.82) is 0 Å². The number of carbonyl (C=O) groups is 5. The van der Waals surface area contributed by atoms with E-state index in [1.165, 1.54) is 19.2 Å². The number of hydrogen-bond acceptors (Lipinski definition) is 10. The van der Waals surface area contributed by atoms with E-state index in [4.69, 9.17) is 14.6 Å². The van der Waals surface area contributed by atoms with E-state index in [1.54, 1.807) is 50.1 Å². The summed E-state index contributed by atoms with van der Waals surface area (Å²) < 4.78 is 44.7. The number of rotatable bonds is 28. The quantitative estimate of drug-likeness (QED) is 0.0782. The number of benzene rings is 2. The third kappa shape index (κ3) is 16.7. The molecule has 1 saturated heterocycles. The van der Waals surface area contributed by atoms with Gasteiger partial charge in [-0.25, -0.2) is 0 Å². The number of aliphatic carboxylic acids is 1. The lowest BCUT2D eigenvalue weighted by Gasteiger charge is -2.41. The fraction of sp³-hybridized carbons (Fsp3) is 0.660. The predicted molar refractivity (Wildman–Crippen MR) is 258 cm³/mol. The summed E-state index contributed by atoms with van der Waals surface area (Å²) >= 11 is 0. The standard InChI is InChI=1S/C50H79N5O11S/c1-12-34(6)46(54(9)50(61)44(32(2)3)52-49(60)45(33(4)5)53(8)28-17-21-43(57)58)41(65-10)31-42(56)55-29-16-20-40(55)47(66-11)35(7)48(59)51-38(30-37-18-14-13-15-19-37)25-22-36-23-26-39(27-24-36)67(62,63)64/h13-15,18-19,23-24,26-27,32-35,38,40-41,44-47H,12,16-17,20-22,25,28-31H2,1-11H3,(H,51,59)(H,52,60)(H,57,58)(H,62,63,64)/t34-,35+,38+,40-,41+,44-,45-,46-,47+/m0/s1. The smallest absolute Gasteiger partial charge is 0.303 e. The minimum atomic E-state index is -4.32. The third-order valence-corrected chi connectivity index (χ3v) is 14.3. The zero-order chi connectivity index (χ0) is 50.2. The second kappa shape index (κ2) is 26.9. The minimum Gasteiger partial charge on any atom is -0.481 e. The maximum atomic E-state index is 14.5. The largest absolute Gasteiger partial charge is 0.481 e. The molecule has 0 spiro atoms. The van der Waals surface area contributed by atoms with Crippen molar-refractivity contribution in [2.45, 2.75) is 154 Å². The SMILES string of the molecule is CC[C@H](C)[C@@H]([C@@H](CC(=O)N1CCC[C@H]1[C@H](OC)[C@@H](C)C(=O)N[C@H](CCc1ccc(S(=O)(=O)O)cc1)Cc1ccccc1)OC)N(C)C(=O)[C@@H](NC(=O)[C@H](C(C)C)N(C)CCCC(=O)O)C(C)C. The number of aryl methyl sites for hydroxylation is 1. The van der Waals surface area contributed by atoms with Crippen LogP contribution in [0.1, 0.15) is 105 Å². The van der Waals surface area contributed by atoms with Crippen LogP contribution < -0.4 is 10.6 Å². The van der Waals surface area contributed by atoms with Crippen LogP contribution in [0, 0.1) is 23.7 Å². The molecule has 2 aromatic carbocycles. The molecule has 1 heterocycles. The molecule has 17 heteroatoms. The molecule has 9 atom stereocenters. The molecule has 67 heavy (non-hydrogen) atoms. The summed E-state index contributed by atoms with van der Waals surface area (Å²) in [5.41, 5.74) is 1.88. The molecule has 16 nitrogen and oxygen atoms in total.